The second-order valence-electron chi connectivity index (χ2n) is 7.32. The van der Waals surface area contributed by atoms with Gasteiger partial charge in [-0.15, -0.1) is 0 Å². The lowest BCUT2D eigenvalue weighted by molar-refractivity contribution is 0.0776. The van der Waals surface area contributed by atoms with Crippen molar-refractivity contribution in [1.29, 1.82) is 0 Å². The van der Waals surface area contributed by atoms with Gasteiger partial charge in [0.2, 0.25) is 0 Å². The standard InChI is InChI=1S/C23H25N5O3/c1-2-19(16-6-4-3-5-7-16)27-22(29)18-12-20(28-10-11-31-15-21(18)28)23(30)26-14-17-13-24-8-9-25-17/h3-9,12-13,19H,2,10-11,14-15H2,1H3,(H,26,30)(H,27,29)/t19-/m1/s1. The maximum Gasteiger partial charge on any atom is 0.268 e. The van der Waals surface area contributed by atoms with Crippen LogP contribution in [0.2, 0.25) is 0 Å². The molecule has 0 radical (unpaired) electrons. The van der Waals surface area contributed by atoms with E-state index in [1.54, 1.807) is 24.7 Å². The number of amides is 2. The Morgan fingerprint density at radius 2 is 2.03 bits per heavy atom. The van der Waals surface area contributed by atoms with E-state index in [0.29, 0.717) is 36.7 Å². The van der Waals surface area contributed by atoms with E-state index in [0.717, 1.165) is 17.7 Å². The summed E-state index contributed by atoms with van der Waals surface area (Å²) < 4.78 is 7.44. The number of fused-ring (bicyclic) bond motifs is 1. The van der Waals surface area contributed by atoms with Gasteiger partial charge in [-0.3, -0.25) is 19.6 Å². The van der Waals surface area contributed by atoms with Crippen LogP contribution in [-0.2, 0) is 24.4 Å². The van der Waals surface area contributed by atoms with Gasteiger partial charge in [0.1, 0.15) is 5.69 Å². The van der Waals surface area contributed by atoms with E-state index >= 15 is 0 Å². The molecule has 0 aliphatic carbocycles. The monoisotopic (exact) mass is 419 g/mol. The maximum atomic E-state index is 13.1. The Kier molecular flexibility index (Phi) is 6.37. The van der Waals surface area contributed by atoms with Gasteiger partial charge >= 0.3 is 0 Å². The summed E-state index contributed by atoms with van der Waals surface area (Å²) in [4.78, 5) is 34.2. The highest BCUT2D eigenvalue weighted by Crippen LogP contribution is 2.23. The summed E-state index contributed by atoms with van der Waals surface area (Å²) in [6, 6.07) is 11.4. The molecule has 2 N–H and O–H groups in total. The van der Waals surface area contributed by atoms with Crippen molar-refractivity contribution in [3.63, 3.8) is 0 Å². The van der Waals surface area contributed by atoms with Gasteiger partial charge in [0.15, 0.2) is 0 Å². The molecular formula is C23H25N5O3. The minimum atomic E-state index is -0.261. The lowest BCUT2D eigenvalue weighted by atomic mass is 10.0. The first kappa shape index (κ1) is 20.7. The largest absolute Gasteiger partial charge is 0.373 e. The molecule has 1 aliphatic heterocycles. The first-order valence-electron chi connectivity index (χ1n) is 10.4. The van der Waals surface area contributed by atoms with Gasteiger partial charge in [0.05, 0.1) is 48.9 Å². The molecule has 8 nitrogen and oxygen atoms in total. The number of hydrogen-bond donors (Lipinski definition) is 2. The zero-order valence-electron chi connectivity index (χ0n) is 17.4. The second-order valence-corrected chi connectivity index (χ2v) is 7.32. The number of hydrogen-bond acceptors (Lipinski definition) is 5. The Hall–Kier alpha value is -3.52. The second kappa shape index (κ2) is 9.53. The number of ether oxygens (including phenoxy) is 1. The number of nitrogens with zero attached hydrogens (tertiary/aromatic N) is 3. The molecule has 4 rings (SSSR count). The summed E-state index contributed by atoms with van der Waals surface area (Å²) in [5.74, 6) is -0.471. The average molecular weight is 419 g/mol. The highest BCUT2D eigenvalue weighted by molar-refractivity contribution is 6.00. The molecule has 0 saturated carbocycles. The van der Waals surface area contributed by atoms with Gasteiger partial charge < -0.3 is 19.9 Å². The van der Waals surface area contributed by atoms with Crippen molar-refractivity contribution in [3.8, 4) is 0 Å². The van der Waals surface area contributed by atoms with Crippen LogP contribution in [0.3, 0.4) is 0 Å². The summed E-state index contributed by atoms with van der Waals surface area (Å²) in [5, 5.41) is 5.96. The number of nitrogens with one attached hydrogen (secondary N) is 2. The van der Waals surface area contributed by atoms with Crippen molar-refractivity contribution < 1.29 is 14.3 Å². The Morgan fingerprint density at radius 1 is 1.19 bits per heavy atom. The molecule has 0 spiro atoms. The topological polar surface area (TPSA) is 98.1 Å². The van der Waals surface area contributed by atoms with Crippen molar-refractivity contribution in [3.05, 3.63) is 83.2 Å². The molecule has 0 fully saturated rings. The quantitative estimate of drug-likeness (QED) is 0.614. The average Bonchev–Trinajstić information content (AvgIpc) is 3.22. The molecule has 3 aromatic rings. The Labute approximate surface area is 180 Å². The van der Waals surface area contributed by atoms with Gasteiger partial charge in [-0.25, -0.2) is 0 Å². The third-order valence-electron chi connectivity index (χ3n) is 5.35. The normalized spacial score (nSPS) is 13.8. The van der Waals surface area contributed by atoms with Crippen molar-refractivity contribution in [2.24, 2.45) is 0 Å². The van der Waals surface area contributed by atoms with Crippen LogP contribution in [0.15, 0.2) is 55.0 Å². The fourth-order valence-electron chi connectivity index (χ4n) is 3.73. The predicted octanol–water partition coefficient (Wildman–Crippen LogP) is 2.62. The fourth-order valence-corrected chi connectivity index (χ4v) is 3.73. The molecule has 3 heterocycles. The summed E-state index contributed by atoms with van der Waals surface area (Å²) in [5.41, 5.74) is 3.34. The number of benzene rings is 1. The van der Waals surface area contributed by atoms with Crippen LogP contribution in [0.4, 0.5) is 0 Å². The zero-order chi connectivity index (χ0) is 21.6. The van der Waals surface area contributed by atoms with E-state index in [1.807, 2.05) is 41.8 Å². The number of rotatable bonds is 7. The van der Waals surface area contributed by atoms with Gasteiger partial charge in [0, 0.05) is 18.9 Å². The summed E-state index contributed by atoms with van der Waals surface area (Å²) in [6.45, 7) is 3.60. The first-order valence-corrected chi connectivity index (χ1v) is 10.4. The number of carbonyl (C=O) groups excluding carboxylic acids is 2. The lowest BCUT2D eigenvalue weighted by Crippen LogP contribution is -2.30. The van der Waals surface area contributed by atoms with E-state index in [1.165, 1.54) is 0 Å². The molecule has 2 amide bonds. The van der Waals surface area contributed by atoms with Crippen LogP contribution in [-0.4, -0.2) is 33.0 Å². The van der Waals surface area contributed by atoms with Crippen LogP contribution < -0.4 is 10.6 Å². The Bertz CT molecular complexity index is 1050. The Morgan fingerprint density at radius 3 is 2.77 bits per heavy atom. The minimum Gasteiger partial charge on any atom is -0.373 e. The highest BCUT2D eigenvalue weighted by atomic mass is 16.5. The van der Waals surface area contributed by atoms with Crippen LogP contribution in [0.25, 0.3) is 0 Å². The van der Waals surface area contributed by atoms with Gasteiger partial charge in [-0.05, 0) is 18.1 Å². The van der Waals surface area contributed by atoms with Crippen LogP contribution >= 0.6 is 0 Å². The maximum absolute atomic E-state index is 13.1. The number of aromatic nitrogens is 3. The summed E-state index contributed by atoms with van der Waals surface area (Å²) >= 11 is 0. The molecule has 8 heteroatoms. The van der Waals surface area contributed by atoms with Gasteiger partial charge in [-0.1, -0.05) is 37.3 Å². The summed E-state index contributed by atoms with van der Waals surface area (Å²) in [7, 11) is 0. The molecule has 2 aromatic heterocycles. The molecule has 0 bridgehead atoms. The molecule has 31 heavy (non-hydrogen) atoms. The Balaban J connectivity index is 1.55. The van der Waals surface area contributed by atoms with E-state index < -0.39 is 0 Å². The zero-order valence-corrected chi connectivity index (χ0v) is 17.4. The third-order valence-corrected chi connectivity index (χ3v) is 5.35. The van der Waals surface area contributed by atoms with Crippen molar-refractivity contribution in [1.82, 2.24) is 25.2 Å². The first-order chi connectivity index (χ1) is 15.2. The molecule has 1 aliphatic rings. The lowest BCUT2D eigenvalue weighted by Gasteiger charge is -2.20. The van der Waals surface area contributed by atoms with E-state index in [-0.39, 0.29) is 24.4 Å². The molecule has 0 saturated heterocycles. The van der Waals surface area contributed by atoms with Crippen molar-refractivity contribution in [2.75, 3.05) is 6.61 Å². The van der Waals surface area contributed by atoms with E-state index in [2.05, 4.69) is 20.6 Å². The smallest absolute Gasteiger partial charge is 0.268 e. The molecular weight excluding hydrogens is 394 g/mol. The third kappa shape index (κ3) is 4.64. The van der Waals surface area contributed by atoms with Crippen molar-refractivity contribution in [2.45, 2.75) is 39.1 Å². The molecule has 0 unspecified atom stereocenters. The van der Waals surface area contributed by atoms with Crippen LogP contribution in [0.5, 0.6) is 0 Å². The number of carbonyl (C=O) groups is 2. The molecule has 1 aromatic carbocycles. The van der Waals surface area contributed by atoms with Crippen molar-refractivity contribution >= 4 is 11.8 Å². The predicted molar refractivity (Wildman–Crippen MR) is 114 cm³/mol. The summed E-state index contributed by atoms with van der Waals surface area (Å²) in [6.07, 6.45) is 5.53. The molecule has 160 valence electrons. The SMILES string of the molecule is CC[C@@H](NC(=O)c1cc(C(=O)NCc2cnccn2)n2c1COCC2)c1ccccc1. The van der Waals surface area contributed by atoms with Crippen LogP contribution in [0.1, 0.15) is 57.2 Å². The van der Waals surface area contributed by atoms with E-state index in [9.17, 15) is 9.59 Å². The van der Waals surface area contributed by atoms with E-state index in [4.69, 9.17) is 4.74 Å². The molecule has 1 atom stereocenters. The van der Waals surface area contributed by atoms with Gasteiger partial charge in [0.25, 0.3) is 11.8 Å². The fraction of sp³-hybridized carbons (Fsp3) is 0.304. The minimum absolute atomic E-state index is 0.109. The van der Waals surface area contributed by atoms with Crippen LogP contribution in [0, 0.1) is 0 Å². The van der Waals surface area contributed by atoms with Gasteiger partial charge in [-0.2, -0.15) is 0 Å². The highest BCUT2D eigenvalue weighted by Gasteiger charge is 2.27.